The van der Waals surface area contributed by atoms with Crippen LogP contribution in [0.5, 0.6) is 0 Å². The van der Waals surface area contributed by atoms with E-state index in [0.717, 1.165) is 11.3 Å². The number of nitrogens with zero attached hydrogens (tertiary/aromatic N) is 2. The van der Waals surface area contributed by atoms with E-state index in [9.17, 15) is 24.5 Å². The van der Waals surface area contributed by atoms with E-state index >= 15 is 0 Å². The van der Waals surface area contributed by atoms with Gasteiger partial charge in [-0.1, -0.05) is 11.3 Å². The number of carbonyl (C=O) groups is 3. The number of thiophene rings is 1. The normalized spacial score (nSPS) is 18.5. The molecule has 1 aliphatic rings. The average Bonchev–Trinajstić information content (AvgIpc) is 3.15. The molecule has 2 heterocycles. The van der Waals surface area contributed by atoms with Gasteiger partial charge in [0.2, 0.25) is 5.91 Å². The Morgan fingerprint density at radius 1 is 1.48 bits per heavy atom. The van der Waals surface area contributed by atoms with E-state index in [1.54, 1.807) is 0 Å². The minimum absolute atomic E-state index is 0.145. The van der Waals surface area contributed by atoms with Crippen LogP contribution in [0.25, 0.3) is 0 Å². The molecule has 1 saturated heterocycles. The van der Waals surface area contributed by atoms with Crippen LogP contribution in [-0.2, 0) is 9.59 Å². The molecule has 23 heavy (non-hydrogen) atoms. The first-order chi connectivity index (χ1) is 10.8. The molecule has 0 aliphatic carbocycles. The van der Waals surface area contributed by atoms with Gasteiger partial charge in [0.1, 0.15) is 12.1 Å². The lowest BCUT2D eigenvalue weighted by atomic mass is 10.2. The van der Waals surface area contributed by atoms with Gasteiger partial charge in [0.15, 0.2) is 0 Å². The van der Waals surface area contributed by atoms with Crippen molar-refractivity contribution < 1.29 is 24.4 Å². The van der Waals surface area contributed by atoms with Gasteiger partial charge in [-0.25, -0.2) is 0 Å². The van der Waals surface area contributed by atoms with Crippen molar-refractivity contribution >= 4 is 34.1 Å². The van der Waals surface area contributed by atoms with E-state index < -0.39 is 34.8 Å². The average molecular weight is 341 g/mol. The molecule has 2 N–H and O–H groups in total. The minimum Gasteiger partial charge on any atom is -0.480 e. The number of aliphatic carboxylic acids is 1. The Balaban J connectivity index is 2.11. The summed E-state index contributed by atoms with van der Waals surface area (Å²) in [5, 5.41) is 21.7. The van der Waals surface area contributed by atoms with Crippen LogP contribution >= 0.6 is 11.3 Å². The molecular weight excluding hydrogens is 326 g/mol. The highest BCUT2D eigenvalue weighted by Crippen LogP contribution is 2.28. The zero-order chi connectivity index (χ0) is 17.1. The van der Waals surface area contributed by atoms with Crippen LogP contribution in [0.15, 0.2) is 12.1 Å². The van der Waals surface area contributed by atoms with Crippen molar-refractivity contribution in [3.05, 3.63) is 27.1 Å². The molecule has 1 aromatic heterocycles. The fraction of sp³-hybridized carbons (Fsp3) is 0.462. The van der Waals surface area contributed by atoms with Crippen LogP contribution in [0.2, 0.25) is 0 Å². The summed E-state index contributed by atoms with van der Waals surface area (Å²) in [4.78, 5) is 47.0. The maximum Gasteiger partial charge on any atom is 0.325 e. The van der Waals surface area contributed by atoms with Crippen LogP contribution in [-0.4, -0.2) is 51.3 Å². The predicted octanol–water partition coefficient (Wildman–Crippen LogP) is 0.850. The SMILES string of the molecule is C[C@H](NC(=O)C1CCCN1C(=O)c1ccc([N+](=O)[O-])s1)C(=O)O. The molecule has 0 radical (unpaired) electrons. The van der Waals surface area contributed by atoms with Crippen molar-refractivity contribution in [3.8, 4) is 0 Å². The first-order valence-corrected chi connectivity index (χ1v) is 7.71. The molecule has 1 aromatic rings. The van der Waals surface area contributed by atoms with Crippen LogP contribution in [0.1, 0.15) is 29.4 Å². The monoisotopic (exact) mass is 341 g/mol. The van der Waals surface area contributed by atoms with E-state index in [4.69, 9.17) is 5.11 Å². The van der Waals surface area contributed by atoms with Gasteiger partial charge in [-0.15, -0.1) is 0 Å². The van der Waals surface area contributed by atoms with Crippen LogP contribution in [0.4, 0.5) is 5.00 Å². The third-order valence-electron chi connectivity index (χ3n) is 3.53. The second-order valence-electron chi connectivity index (χ2n) is 5.12. The third kappa shape index (κ3) is 3.65. The highest BCUT2D eigenvalue weighted by Gasteiger charge is 2.36. The number of nitro groups is 1. The number of carboxylic acid groups (broad SMARTS) is 1. The molecule has 2 atom stereocenters. The van der Waals surface area contributed by atoms with Crippen molar-refractivity contribution in [2.45, 2.75) is 31.8 Å². The molecule has 1 aliphatic heterocycles. The first kappa shape index (κ1) is 16.9. The Kier molecular flexibility index (Phi) is 4.94. The van der Waals surface area contributed by atoms with Gasteiger partial charge >= 0.3 is 11.0 Å². The third-order valence-corrected chi connectivity index (χ3v) is 4.55. The lowest BCUT2D eigenvalue weighted by Crippen LogP contribution is -2.49. The van der Waals surface area contributed by atoms with Crippen molar-refractivity contribution in [1.82, 2.24) is 10.2 Å². The molecule has 2 rings (SSSR count). The Hall–Kier alpha value is -2.49. The van der Waals surface area contributed by atoms with Crippen LogP contribution in [0, 0.1) is 10.1 Å². The van der Waals surface area contributed by atoms with E-state index in [2.05, 4.69) is 5.32 Å². The van der Waals surface area contributed by atoms with Crippen molar-refractivity contribution in [2.24, 2.45) is 0 Å². The summed E-state index contributed by atoms with van der Waals surface area (Å²) in [5.41, 5.74) is 0. The maximum atomic E-state index is 12.4. The molecule has 0 aromatic carbocycles. The van der Waals surface area contributed by atoms with Crippen LogP contribution < -0.4 is 5.32 Å². The topological polar surface area (TPSA) is 130 Å². The minimum atomic E-state index is -1.16. The number of rotatable bonds is 5. The first-order valence-electron chi connectivity index (χ1n) is 6.89. The summed E-state index contributed by atoms with van der Waals surface area (Å²) in [6, 6.07) is 0.793. The van der Waals surface area contributed by atoms with E-state index in [0.29, 0.717) is 19.4 Å². The fourth-order valence-electron chi connectivity index (χ4n) is 2.34. The van der Waals surface area contributed by atoms with Gasteiger partial charge in [0, 0.05) is 12.6 Å². The summed E-state index contributed by atoms with van der Waals surface area (Å²) < 4.78 is 0. The number of carbonyl (C=O) groups excluding carboxylic acids is 2. The fourth-order valence-corrected chi connectivity index (χ4v) is 3.11. The molecule has 0 bridgehead atoms. The Morgan fingerprint density at radius 2 is 2.17 bits per heavy atom. The summed E-state index contributed by atoms with van der Waals surface area (Å²) in [6.45, 7) is 1.69. The Labute approximate surface area is 135 Å². The number of hydrogen-bond donors (Lipinski definition) is 2. The second kappa shape index (κ2) is 6.73. The highest BCUT2D eigenvalue weighted by atomic mass is 32.1. The maximum absolute atomic E-state index is 12.4. The summed E-state index contributed by atoms with van der Waals surface area (Å²) in [6.07, 6.45) is 1.04. The van der Waals surface area contributed by atoms with Gasteiger partial charge in [-0.05, 0) is 25.8 Å². The lowest BCUT2D eigenvalue weighted by Gasteiger charge is -2.24. The lowest BCUT2D eigenvalue weighted by molar-refractivity contribution is -0.380. The van der Waals surface area contributed by atoms with Gasteiger partial charge in [-0.2, -0.15) is 0 Å². The smallest absolute Gasteiger partial charge is 0.325 e. The van der Waals surface area contributed by atoms with E-state index in [-0.39, 0.29) is 9.88 Å². The number of carboxylic acids is 1. The second-order valence-corrected chi connectivity index (χ2v) is 6.18. The van der Waals surface area contributed by atoms with Gasteiger partial charge < -0.3 is 15.3 Å². The van der Waals surface area contributed by atoms with E-state index in [1.165, 1.54) is 24.0 Å². The summed E-state index contributed by atoms with van der Waals surface area (Å²) >= 11 is 0.752. The summed E-state index contributed by atoms with van der Waals surface area (Å²) in [5.74, 6) is -2.15. The van der Waals surface area contributed by atoms with Gasteiger partial charge in [-0.3, -0.25) is 24.5 Å². The largest absolute Gasteiger partial charge is 0.480 e. The zero-order valence-corrected chi connectivity index (χ0v) is 13.0. The van der Waals surface area contributed by atoms with Gasteiger partial charge in [0.25, 0.3) is 5.91 Å². The van der Waals surface area contributed by atoms with Crippen LogP contribution in [0.3, 0.4) is 0 Å². The molecule has 2 amide bonds. The van der Waals surface area contributed by atoms with Crippen molar-refractivity contribution in [1.29, 1.82) is 0 Å². The molecule has 124 valence electrons. The number of amides is 2. The Morgan fingerprint density at radius 3 is 2.74 bits per heavy atom. The molecule has 1 unspecified atom stereocenters. The quantitative estimate of drug-likeness (QED) is 0.603. The Bertz CT molecular complexity index is 658. The van der Waals surface area contributed by atoms with Crippen molar-refractivity contribution in [3.63, 3.8) is 0 Å². The predicted molar refractivity (Wildman–Crippen MR) is 80.3 cm³/mol. The van der Waals surface area contributed by atoms with Crippen molar-refractivity contribution in [2.75, 3.05) is 6.54 Å². The summed E-state index contributed by atoms with van der Waals surface area (Å²) in [7, 11) is 0. The molecule has 9 nitrogen and oxygen atoms in total. The molecule has 10 heteroatoms. The zero-order valence-electron chi connectivity index (χ0n) is 12.2. The van der Waals surface area contributed by atoms with Gasteiger partial charge in [0.05, 0.1) is 9.80 Å². The van der Waals surface area contributed by atoms with E-state index in [1.807, 2.05) is 0 Å². The standard InChI is InChI=1S/C13H15N3O6S/c1-7(13(19)20)14-11(17)8-3-2-6-15(8)12(18)9-4-5-10(23-9)16(21)22/h4-5,7-8H,2-3,6H2,1H3,(H,14,17)(H,19,20)/t7-,8?/m0/s1. The highest BCUT2D eigenvalue weighted by molar-refractivity contribution is 7.17. The molecule has 1 fully saturated rings. The molecule has 0 saturated carbocycles. The molecule has 0 spiro atoms. The number of hydrogen-bond acceptors (Lipinski definition) is 6. The molecular formula is C13H15N3O6S. The number of nitrogens with one attached hydrogen (secondary N) is 1. The number of likely N-dealkylation sites (tertiary alicyclic amines) is 1.